The number of rotatable bonds is 1. The minimum atomic E-state index is -0.119. The largest absolute Gasteiger partial charge is 0.503 e. The van der Waals surface area contributed by atoms with Crippen molar-refractivity contribution in [3.63, 3.8) is 0 Å². The maximum Gasteiger partial charge on any atom is 0.181 e. The summed E-state index contributed by atoms with van der Waals surface area (Å²) in [6.45, 7) is 0. The Morgan fingerprint density at radius 1 is 1.64 bits per heavy atom. The van der Waals surface area contributed by atoms with E-state index in [-0.39, 0.29) is 17.1 Å². The number of pyridine rings is 1. The summed E-state index contributed by atoms with van der Waals surface area (Å²) in [4.78, 5) is 3.61. The Bertz CT molecular complexity index is 304. The highest BCUT2D eigenvalue weighted by molar-refractivity contribution is 5.49. The molecule has 0 spiro atoms. The van der Waals surface area contributed by atoms with E-state index in [0.717, 1.165) is 0 Å². The van der Waals surface area contributed by atoms with Gasteiger partial charge in [-0.05, 0) is 0 Å². The molecular formula is C7H6N2O2. The summed E-state index contributed by atoms with van der Waals surface area (Å²) in [6, 6.07) is 1.84. The van der Waals surface area contributed by atoms with Crippen LogP contribution in [0.4, 0.5) is 0 Å². The van der Waals surface area contributed by atoms with E-state index < -0.39 is 0 Å². The molecule has 4 nitrogen and oxygen atoms in total. The lowest BCUT2D eigenvalue weighted by molar-refractivity contribution is 0.371. The summed E-state index contributed by atoms with van der Waals surface area (Å²) < 4.78 is 4.75. The smallest absolute Gasteiger partial charge is 0.181 e. The van der Waals surface area contributed by atoms with Crippen molar-refractivity contribution in [1.82, 2.24) is 4.98 Å². The summed E-state index contributed by atoms with van der Waals surface area (Å²) in [5, 5.41) is 17.6. The fourth-order valence-electron chi connectivity index (χ4n) is 0.732. The summed E-state index contributed by atoms with van der Waals surface area (Å²) in [6.07, 6.45) is 2.55. The van der Waals surface area contributed by atoms with E-state index in [2.05, 4.69) is 4.98 Å². The zero-order valence-corrected chi connectivity index (χ0v) is 5.90. The molecule has 0 fully saturated rings. The molecule has 1 N–H and O–H groups in total. The second-order valence-corrected chi connectivity index (χ2v) is 1.85. The van der Waals surface area contributed by atoms with Crippen molar-refractivity contribution in [3.8, 4) is 17.6 Å². The van der Waals surface area contributed by atoms with Gasteiger partial charge in [-0.1, -0.05) is 0 Å². The molecule has 11 heavy (non-hydrogen) atoms. The maximum atomic E-state index is 9.08. The average Bonchev–Trinajstić information content (AvgIpc) is 2.04. The van der Waals surface area contributed by atoms with Crippen molar-refractivity contribution in [2.75, 3.05) is 7.11 Å². The van der Waals surface area contributed by atoms with Crippen LogP contribution in [0.5, 0.6) is 11.5 Å². The van der Waals surface area contributed by atoms with Crippen LogP contribution < -0.4 is 4.74 Å². The van der Waals surface area contributed by atoms with Gasteiger partial charge in [-0.3, -0.25) is 4.98 Å². The van der Waals surface area contributed by atoms with E-state index in [1.165, 1.54) is 19.5 Å². The molecule has 0 aliphatic heterocycles. The van der Waals surface area contributed by atoms with E-state index >= 15 is 0 Å². The van der Waals surface area contributed by atoms with Gasteiger partial charge in [0.15, 0.2) is 11.5 Å². The summed E-state index contributed by atoms with van der Waals surface area (Å²) in [7, 11) is 1.38. The number of hydrogen-bond donors (Lipinski definition) is 1. The Labute approximate surface area is 63.7 Å². The van der Waals surface area contributed by atoms with Crippen LogP contribution in [0.2, 0.25) is 0 Å². The van der Waals surface area contributed by atoms with E-state index in [4.69, 9.17) is 15.1 Å². The lowest BCUT2D eigenvalue weighted by atomic mass is 10.3. The second kappa shape index (κ2) is 2.88. The Kier molecular flexibility index (Phi) is 1.93. The number of nitrogens with zero attached hydrogens (tertiary/aromatic N) is 2. The van der Waals surface area contributed by atoms with E-state index in [1.54, 1.807) is 0 Å². The maximum absolute atomic E-state index is 9.08. The predicted molar refractivity (Wildman–Crippen MR) is 37.2 cm³/mol. The number of hydrogen-bond acceptors (Lipinski definition) is 4. The third kappa shape index (κ3) is 1.22. The molecule has 0 amide bonds. The molecule has 1 heterocycles. The third-order valence-corrected chi connectivity index (χ3v) is 1.20. The summed E-state index contributed by atoms with van der Waals surface area (Å²) in [5.41, 5.74) is 0.229. The van der Waals surface area contributed by atoms with Gasteiger partial charge in [0.05, 0.1) is 13.3 Å². The first-order valence-electron chi connectivity index (χ1n) is 2.90. The van der Waals surface area contributed by atoms with Crippen LogP contribution in [0.25, 0.3) is 0 Å². The minimum Gasteiger partial charge on any atom is -0.503 e. The first-order valence-corrected chi connectivity index (χ1v) is 2.90. The highest BCUT2D eigenvalue weighted by Gasteiger charge is 2.06. The van der Waals surface area contributed by atoms with E-state index in [0.29, 0.717) is 0 Å². The van der Waals surface area contributed by atoms with E-state index in [1.807, 2.05) is 6.07 Å². The summed E-state index contributed by atoms with van der Waals surface area (Å²) in [5.74, 6) is 0.0500. The van der Waals surface area contributed by atoms with Gasteiger partial charge in [0.25, 0.3) is 0 Å². The molecule has 0 aliphatic carbocycles. The van der Waals surface area contributed by atoms with Gasteiger partial charge in [-0.15, -0.1) is 0 Å². The number of nitriles is 1. The minimum absolute atomic E-state index is 0.119. The van der Waals surface area contributed by atoms with Gasteiger partial charge < -0.3 is 9.84 Å². The van der Waals surface area contributed by atoms with Gasteiger partial charge in [0, 0.05) is 6.20 Å². The molecule has 0 saturated heterocycles. The Morgan fingerprint density at radius 2 is 2.36 bits per heavy atom. The molecule has 0 aromatic carbocycles. The third-order valence-electron chi connectivity index (χ3n) is 1.20. The van der Waals surface area contributed by atoms with Crippen molar-refractivity contribution in [3.05, 3.63) is 18.0 Å². The van der Waals surface area contributed by atoms with Crippen molar-refractivity contribution in [2.24, 2.45) is 0 Å². The molecule has 0 radical (unpaired) electrons. The SMILES string of the molecule is COc1c(O)cncc1C#N. The van der Waals surface area contributed by atoms with Crippen molar-refractivity contribution < 1.29 is 9.84 Å². The van der Waals surface area contributed by atoms with Gasteiger partial charge in [0.2, 0.25) is 0 Å². The molecule has 4 heteroatoms. The molecule has 1 aromatic heterocycles. The molecule has 56 valence electrons. The quantitative estimate of drug-likeness (QED) is 0.638. The normalized spacial score (nSPS) is 8.73. The zero-order chi connectivity index (χ0) is 8.27. The van der Waals surface area contributed by atoms with Gasteiger partial charge >= 0.3 is 0 Å². The fourth-order valence-corrected chi connectivity index (χ4v) is 0.732. The number of methoxy groups -OCH3 is 1. The molecular weight excluding hydrogens is 144 g/mol. The molecule has 0 bridgehead atoms. The van der Waals surface area contributed by atoms with Crippen LogP contribution in [0.3, 0.4) is 0 Å². The highest BCUT2D eigenvalue weighted by atomic mass is 16.5. The Balaban J connectivity index is 3.27. The van der Waals surface area contributed by atoms with Crippen molar-refractivity contribution in [2.45, 2.75) is 0 Å². The molecule has 1 aromatic rings. The first kappa shape index (κ1) is 7.35. The zero-order valence-electron chi connectivity index (χ0n) is 5.90. The van der Waals surface area contributed by atoms with Crippen LogP contribution in [0.1, 0.15) is 5.56 Å². The monoisotopic (exact) mass is 150 g/mol. The Morgan fingerprint density at radius 3 is 2.82 bits per heavy atom. The van der Waals surface area contributed by atoms with Crippen LogP contribution >= 0.6 is 0 Å². The molecule has 0 aliphatic rings. The van der Waals surface area contributed by atoms with Gasteiger partial charge in [-0.25, -0.2) is 0 Å². The topological polar surface area (TPSA) is 66.1 Å². The fraction of sp³-hybridized carbons (Fsp3) is 0.143. The van der Waals surface area contributed by atoms with Crippen LogP contribution in [0, 0.1) is 11.3 Å². The van der Waals surface area contributed by atoms with Crippen molar-refractivity contribution >= 4 is 0 Å². The predicted octanol–water partition coefficient (Wildman–Crippen LogP) is 0.667. The van der Waals surface area contributed by atoms with Gasteiger partial charge in [0.1, 0.15) is 11.6 Å². The lowest BCUT2D eigenvalue weighted by Gasteiger charge is -2.02. The number of aromatic nitrogens is 1. The number of ether oxygens (including phenoxy) is 1. The summed E-state index contributed by atoms with van der Waals surface area (Å²) >= 11 is 0. The lowest BCUT2D eigenvalue weighted by Crippen LogP contribution is -1.89. The van der Waals surface area contributed by atoms with E-state index in [9.17, 15) is 0 Å². The molecule has 0 atom stereocenters. The second-order valence-electron chi connectivity index (χ2n) is 1.85. The number of aromatic hydroxyl groups is 1. The van der Waals surface area contributed by atoms with Crippen LogP contribution in [0.15, 0.2) is 12.4 Å². The van der Waals surface area contributed by atoms with Crippen LogP contribution in [-0.4, -0.2) is 17.2 Å². The Hall–Kier alpha value is -1.76. The van der Waals surface area contributed by atoms with Gasteiger partial charge in [-0.2, -0.15) is 5.26 Å². The van der Waals surface area contributed by atoms with Crippen molar-refractivity contribution in [1.29, 1.82) is 5.26 Å². The molecule has 0 saturated carbocycles. The molecule has 1 rings (SSSR count). The molecule has 0 unspecified atom stereocenters. The standard InChI is InChI=1S/C7H6N2O2/c1-11-7-5(2-8)3-9-4-6(7)10/h3-4,10H,1H3. The highest BCUT2D eigenvalue weighted by Crippen LogP contribution is 2.27. The average molecular weight is 150 g/mol. The van der Waals surface area contributed by atoms with Crippen LogP contribution in [-0.2, 0) is 0 Å². The first-order chi connectivity index (χ1) is 5.29.